The molecule has 0 radical (unpaired) electrons. The highest BCUT2D eigenvalue weighted by molar-refractivity contribution is 5.90. The van der Waals surface area contributed by atoms with Crippen molar-refractivity contribution in [3.05, 3.63) is 35.4 Å². The quantitative estimate of drug-likeness (QED) is 0.743. The Bertz CT molecular complexity index is 567. The number of rotatable bonds is 7. The Balaban J connectivity index is 2.44. The van der Waals surface area contributed by atoms with Gasteiger partial charge in [0.2, 0.25) is 0 Å². The Morgan fingerprint density at radius 2 is 1.67 bits per heavy atom. The molecule has 132 valence electrons. The number of esters is 2. The average molecular weight is 336 g/mol. The van der Waals surface area contributed by atoms with Gasteiger partial charge in [0.05, 0.1) is 11.7 Å². The number of urea groups is 1. The summed E-state index contributed by atoms with van der Waals surface area (Å²) in [5, 5.41) is 5.43. The van der Waals surface area contributed by atoms with Crippen molar-refractivity contribution in [1.82, 2.24) is 10.6 Å². The zero-order chi connectivity index (χ0) is 18.1. The van der Waals surface area contributed by atoms with Crippen LogP contribution in [-0.2, 0) is 20.8 Å². The molecule has 24 heavy (non-hydrogen) atoms. The molecule has 0 aliphatic rings. The van der Waals surface area contributed by atoms with Gasteiger partial charge in [-0.2, -0.15) is 0 Å². The summed E-state index contributed by atoms with van der Waals surface area (Å²) in [6, 6.07) is 6.37. The Hall–Kier alpha value is -2.57. The Kier molecular flexibility index (Phi) is 7.74. The summed E-state index contributed by atoms with van der Waals surface area (Å²) >= 11 is 0. The van der Waals surface area contributed by atoms with Gasteiger partial charge < -0.3 is 20.1 Å². The molecule has 2 N–H and O–H groups in total. The largest absolute Gasteiger partial charge is 0.460 e. The molecule has 0 heterocycles. The van der Waals surface area contributed by atoms with Gasteiger partial charge >= 0.3 is 18.0 Å². The number of carbonyl (C=O) groups is 3. The summed E-state index contributed by atoms with van der Waals surface area (Å²) in [4.78, 5) is 34.6. The van der Waals surface area contributed by atoms with Crippen molar-refractivity contribution >= 4 is 18.0 Å². The van der Waals surface area contributed by atoms with E-state index in [2.05, 4.69) is 10.6 Å². The first-order chi connectivity index (χ1) is 11.3. The molecule has 0 spiro atoms. The molecule has 7 nitrogen and oxygen atoms in total. The van der Waals surface area contributed by atoms with Crippen LogP contribution in [0.15, 0.2) is 24.3 Å². The highest BCUT2D eigenvalue weighted by Crippen LogP contribution is 2.06. The molecule has 0 unspecified atom stereocenters. The van der Waals surface area contributed by atoms with Crippen LogP contribution in [0.5, 0.6) is 0 Å². The van der Waals surface area contributed by atoms with Crippen LogP contribution in [0.2, 0.25) is 0 Å². The first-order valence-corrected chi connectivity index (χ1v) is 7.78. The third kappa shape index (κ3) is 7.62. The maximum atomic E-state index is 11.8. The zero-order valence-electron chi connectivity index (χ0n) is 14.4. The lowest BCUT2D eigenvalue weighted by Crippen LogP contribution is -2.39. The maximum absolute atomic E-state index is 11.8. The number of hydrogen-bond donors (Lipinski definition) is 2. The predicted octanol–water partition coefficient (Wildman–Crippen LogP) is 2.00. The first-order valence-electron chi connectivity index (χ1n) is 7.78. The van der Waals surface area contributed by atoms with Crippen LogP contribution in [0.1, 0.15) is 43.6 Å². The van der Waals surface area contributed by atoms with Crippen molar-refractivity contribution in [2.75, 3.05) is 6.61 Å². The molecular weight excluding hydrogens is 312 g/mol. The number of nitrogens with one attached hydrogen (secondary N) is 2. The van der Waals surface area contributed by atoms with Gasteiger partial charge in [-0.05, 0) is 45.4 Å². The van der Waals surface area contributed by atoms with Gasteiger partial charge in [0.1, 0.15) is 0 Å². The summed E-state index contributed by atoms with van der Waals surface area (Å²) in [5.74, 6) is -1.19. The van der Waals surface area contributed by atoms with Gasteiger partial charge in [0.15, 0.2) is 6.61 Å². The summed E-state index contributed by atoms with van der Waals surface area (Å²) in [5.41, 5.74) is 1.16. The molecule has 0 bridgehead atoms. The molecule has 1 aromatic rings. The highest BCUT2D eigenvalue weighted by atomic mass is 16.6. The fourth-order valence-corrected chi connectivity index (χ4v) is 1.76. The first kappa shape index (κ1) is 19.5. The number of amides is 2. The Morgan fingerprint density at radius 1 is 1.04 bits per heavy atom. The molecule has 0 aromatic heterocycles. The second-order valence-electron chi connectivity index (χ2n) is 5.79. The molecule has 1 aromatic carbocycles. The molecule has 0 saturated carbocycles. The summed E-state index contributed by atoms with van der Waals surface area (Å²) in [6.45, 7) is 7.10. The van der Waals surface area contributed by atoms with Gasteiger partial charge in [0, 0.05) is 12.6 Å². The highest BCUT2D eigenvalue weighted by Gasteiger charge is 2.12. The van der Waals surface area contributed by atoms with Crippen molar-refractivity contribution in [1.29, 1.82) is 0 Å². The van der Waals surface area contributed by atoms with E-state index in [1.807, 2.05) is 13.8 Å². The van der Waals surface area contributed by atoms with Crippen LogP contribution in [0.3, 0.4) is 0 Å². The van der Waals surface area contributed by atoms with Gasteiger partial charge in [-0.1, -0.05) is 12.1 Å². The van der Waals surface area contributed by atoms with E-state index in [4.69, 9.17) is 9.47 Å². The van der Waals surface area contributed by atoms with Gasteiger partial charge in [-0.3, -0.25) is 0 Å². The second-order valence-corrected chi connectivity index (χ2v) is 5.79. The van der Waals surface area contributed by atoms with E-state index < -0.39 is 18.5 Å². The van der Waals surface area contributed by atoms with Crippen LogP contribution in [0.4, 0.5) is 4.79 Å². The minimum Gasteiger partial charge on any atom is -0.460 e. The van der Waals surface area contributed by atoms with E-state index in [0.717, 1.165) is 5.56 Å². The lowest BCUT2D eigenvalue weighted by Gasteiger charge is -2.10. The fourth-order valence-electron chi connectivity index (χ4n) is 1.76. The predicted molar refractivity (Wildman–Crippen MR) is 88.5 cm³/mol. The van der Waals surface area contributed by atoms with Crippen molar-refractivity contribution in [3.8, 4) is 0 Å². The molecular formula is C17H24N2O5. The third-order valence-electron chi connectivity index (χ3n) is 2.75. The maximum Gasteiger partial charge on any atom is 0.344 e. The van der Waals surface area contributed by atoms with Crippen molar-refractivity contribution in [2.24, 2.45) is 0 Å². The minimum absolute atomic E-state index is 0.0598. The lowest BCUT2D eigenvalue weighted by atomic mass is 10.1. The van der Waals surface area contributed by atoms with Crippen LogP contribution in [0.25, 0.3) is 0 Å². The monoisotopic (exact) mass is 336 g/mol. The van der Waals surface area contributed by atoms with E-state index >= 15 is 0 Å². The van der Waals surface area contributed by atoms with Crippen LogP contribution in [0, 0.1) is 0 Å². The smallest absolute Gasteiger partial charge is 0.344 e. The number of hydrogen-bond acceptors (Lipinski definition) is 5. The average Bonchev–Trinajstić information content (AvgIpc) is 2.50. The molecule has 0 aliphatic carbocycles. The van der Waals surface area contributed by atoms with Crippen molar-refractivity contribution in [2.45, 2.75) is 46.4 Å². The van der Waals surface area contributed by atoms with Crippen molar-refractivity contribution in [3.63, 3.8) is 0 Å². The number of ether oxygens (including phenoxy) is 2. The molecule has 0 aliphatic heterocycles. The standard InChI is InChI=1S/C17H24N2O5/c1-11(2)19-17(22)18-9-13-5-7-14(8-6-13)16(21)23-10-15(20)24-12(3)4/h5-8,11-12H,9-10H2,1-4H3,(H2,18,19,22). The minimum atomic E-state index is -0.604. The van der Waals surface area contributed by atoms with Gasteiger partial charge in [-0.15, -0.1) is 0 Å². The van der Waals surface area contributed by atoms with Crippen LogP contribution < -0.4 is 10.6 Å². The number of benzene rings is 1. The van der Waals surface area contributed by atoms with E-state index in [0.29, 0.717) is 12.1 Å². The van der Waals surface area contributed by atoms with Crippen LogP contribution in [-0.4, -0.2) is 36.7 Å². The molecule has 0 saturated heterocycles. The van der Waals surface area contributed by atoms with Crippen LogP contribution >= 0.6 is 0 Å². The van der Waals surface area contributed by atoms with Gasteiger partial charge in [-0.25, -0.2) is 14.4 Å². The molecule has 2 amide bonds. The molecule has 1 rings (SSSR count). The fraction of sp³-hybridized carbons (Fsp3) is 0.471. The second kappa shape index (κ2) is 9.54. The zero-order valence-corrected chi connectivity index (χ0v) is 14.4. The summed E-state index contributed by atoms with van der Waals surface area (Å²) in [6.07, 6.45) is -0.254. The normalized spacial score (nSPS) is 10.4. The third-order valence-corrected chi connectivity index (χ3v) is 2.75. The van der Waals surface area contributed by atoms with E-state index in [-0.39, 0.29) is 18.2 Å². The molecule has 0 fully saturated rings. The van der Waals surface area contributed by atoms with E-state index in [1.54, 1.807) is 38.1 Å². The van der Waals surface area contributed by atoms with E-state index in [1.165, 1.54) is 0 Å². The Morgan fingerprint density at radius 3 is 2.21 bits per heavy atom. The topological polar surface area (TPSA) is 93.7 Å². The summed E-state index contributed by atoms with van der Waals surface area (Å²) < 4.78 is 9.75. The molecule has 0 atom stereocenters. The summed E-state index contributed by atoms with van der Waals surface area (Å²) in [7, 11) is 0. The number of carbonyl (C=O) groups excluding carboxylic acids is 3. The van der Waals surface area contributed by atoms with Crippen molar-refractivity contribution < 1.29 is 23.9 Å². The SMILES string of the molecule is CC(C)NC(=O)NCc1ccc(C(=O)OCC(=O)OC(C)C)cc1. The Labute approximate surface area is 141 Å². The van der Waals surface area contributed by atoms with E-state index in [9.17, 15) is 14.4 Å². The lowest BCUT2D eigenvalue weighted by molar-refractivity contribution is -0.150. The van der Waals surface area contributed by atoms with Gasteiger partial charge in [0.25, 0.3) is 0 Å². The molecule has 7 heteroatoms.